The van der Waals surface area contributed by atoms with Gasteiger partial charge < -0.3 is 24.0 Å². The maximum atomic E-state index is 16.2. The van der Waals surface area contributed by atoms with Crippen molar-refractivity contribution in [3.8, 4) is 11.1 Å². The van der Waals surface area contributed by atoms with Crippen molar-refractivity contribution in [2.75, 3.05) is 0 Å². The summed E-state index contributed by atoms with van der Waals surface area (Å²) in [4.78, 5) is 0. The van der Waals surface area contributed by atoms with Gasteiger partial charge >= 0.3 is 0 Å². The van der Waals surface area contributed by atoms with E-state index in [1.807, 2.05) is 213 Å². The molecule has 0 unspecified atom stereocenters. The maximum Gasteiger partial charge on any atom is 0.171 e. The van der Waals surface area contributed by atoms with E-state index in [1.165, 1.54) is 0 Å². The van der Waals surface area contributed by atoms with E-state index in [-0.39, 0.29) is 244 Å². The van der Waals surface area contributed by atoms with Crippen molar-refractivity contribution in [1.82, 2.24) is 0 Å². The van der Waals surface area contributed by atoms with Crippen LogP contribution in [0.2, 0.25) is 0 Å². The Kier molecular flexibility index (Phi) is 50.8. The largest absolute Gasteiger partial charge is 0.358 e. The van der Waals surface area contributed by atoms with Crippen LogP contribution in [0.15, 0.2) is 194 Å². The summed E-state index contributed by atoms with van der Waals surface area (Å²) in [5.74, 6) is 0. The van der Waals surface area contributed by atoms with E-state index in [1.54, 1.807) is 0 Å². The van der Waals surface area contributed by atoms with Crippen molar-refractivity contribution in [3.63, 3.8) is 0 Å². The van der Waals surface area contributed by atoms with Crippen LogP contribution in [0.4, 0.5) is 0 Å². The van der Waals surface area contributed by atoms with Crippen LogP contribution in [0, 0.1) is 14.9 Å². The van der Waals surface area contributed by atoms with Gasteiger partial charge in [0.25, 0.3) is 0 Å². The van der Waals surface area contributed by atoms with Gasteiger partial charge in [-0.15, -0.1) is 0 Å². The van der Waals surface area contributed by atoms with Crippen LogP contribution in [-0.4, -0.2) is 0 Å². The van der Waals surface area contributed by atoms with E-state index in [0.29, 0.717) is 0 Å². The molecule has 0 N–H and O–H groups in total. The molecule has 0 spiro atoms. The van der Waals surface area contributed by atoms with Crippen molar-refractivity contribution < 1.29 is 238 Å². The number of rotatable bonds is 7. The van der Waals surface area contributed by atoms with Crippen molar-refractivity contribution in [2.45, 2.75) is 55.4 Å². The van der Waals surface area contributed by atoms with E-state index in [9.17, 15) is 0 Å². The second-order valence-electron chi connectivity index (χ2n) is 11.9. The molecule has 0 aliphatic carbocycles. The fourth-order valence-electron chi connectivity index (χ4n) is 6.98. The van der Waals surface area contributed by atoms with Gasteiger partial charge in [0, 0.05) is 272 Å². The molecule has 11 heteroatoms. The minimum Gasteiger partial charge on any atom is -0.358 e. The van der Waals surface area contributed by atoms with Gasteiger partial charge in [-0.3, -0.25) is 0 Å². The molecular formula is C54H62O2P2Y7-2. The normalized spacial score (nSPS) is 9.17. The van der Waals surface area contributed by atoms with Crippen LogP contribution in [0.25, 0.3) is 32.7 Å². The Morgan fingerprint density at radius 2 is 0.462 bits per heavy atom. The first-order chi connectivity index (χ1) is 27.6. The van der Waals surface area contributed by atoms with Gasteiger partial charge in [0.15, 0.2) is 14.3 Å². The van der Waals surface area contributed by atoms with Crippen LogP contribution in [-0.2, 0) is 238 Å². The van der Waals surface area contributed by atoms with Crippen molar-refractivity contribution in [3.05, 3.63) is 209 Å². The SMILES string of the molecule is CC.CC.CC.CC.O=P(c1ccccc1)(c1ccccc1)c1ccc2ccccc2c1-c1c(P(=O)(c2ccccc2)c2ccccc2)ccc2ccccc12.[CH3-].[CH3-].[Y].[Y].[Y].[Y].[Y].[Y].[Y]. The molecule has 0 saturated carbocycles. The van der Waals surface area contributed by atoms with Gasteiger partial charge in [-0.2, -0.15) is 0 Å². The van der Waals surface area contributed by atoms with E-state index in [2.05, 4.69) is 36.4 Å². The molecule has 0 atom stereocenters. The van der Waals surface area contributed by atoms with Crippen LogP contribution in [0.3, 0.4) is 0 Å². The molecule has 0 heterocycles. The van der Waals surface area contributed by atoms with Crippen LogP contribution in [0.5, 0.6) is 0 Å². The number of hydrogen-bond acceptors (Lipinski definition) is 2. The van der Waals surface area contributed by atoms with Crippen molar-refractivity contribution >= 4 is 67.7 Å². The fraction of sp³-hybridized carbons (Fsp3) is 0.148. The maximum absolute atomic E-state index is 16.2. The molecule has 0 amide bonds. The topological polar surface area (TPSA) is 34.1 Å². The van der Waals surface area contributed by atoms with Gasteiger partial charge in [0.2, 0.25) is 0 Å². The molecule has 0 aliphatic heterocycles. The second-order valence-corrected chi connectivity index (χ2v) is 17.4. The van der Waals surface area contributed by atoms with Crippen LogP contribution >= 0.6 is 14.3 Å². The number of benzene rings is 8. The van der Waals surface area contributed by atoms with Crippen molar-refractivity contribution in [2.24, 2.45) is 0 Å². The standard InChI is InChI=1S/C44H32O2P2.4C2H6.2CH3.7Y/c45-47(35-19-5-1-6-20-35,36-21-7-2-8-22-36)41-31-29-33-17-13-15-27-39(33)43(41)44-40-28-16-14-18-34(40)30-32-42(44)48(46,37-23-9-3-10-24-37)38-25-11-4-12-26-38;4*1-2;;;;;;;;;/h1-32H;4*1-2H3;2*1H3;;;;;;;/q;;;;;2*-1;;;;;;;. The monoisotopic (exact) mass is 1430 g/mol. The molecule has 8 aromatic carbocycles. The first kappa shape index (κ1) is 78.9. The quantitative estimate of drug-likeness (QED) is 0.118. The minimum atomic E-state index is -3.47. The van der Waals surface area contributed by atoms with E-state index in [4.69, 9.17) is 0 Å². The molecular weight excluding hydrogens is 1360 g/mol. The Morgan fingerprint density at radius 3 is 0.692 bits per heavy atom. The molecule has 2 nitrogen and oxygen atoms in total. The molecule has 0 aliphatic rings. The zero-order valence-corrected chi connectivity index (χ0v) is 61.9. The van der Waals surface area contributed by atoms with Gasteiger partial charge in [0.05, 0.1) is 0 Å². The summed E-state index contributed by atoms with van der Waals surface area (Å²) < 4.78 is 32.4. The third-order valence-corrected chi connectivity index (χ3v) is 15.4. The Balaban J connectivity index is -0.000000487. The van der Waals surface area contributed by atoms with Crippen molar-refractivity contribution in [1.29, 1.82) is 0 Å². The molecule has 0 bridgehead atoms. The average molecular weight is 1430 g/mol. The first-order valence-electron chi connectivity index (χ1n) is 20.1. The summed E-state index contributed by atoms with van der Waals surface area (Å²) in [5, 5.41) is 8.45. The van der Waals surface area contributed by atoms with E-state index < -0.39 is 14.3 Å². The Hall–Kier alpha value is 2.47. The zero-order chi connectivity index (χ0) is 40.6. The average Bonchev–Trinajstić information content (AvgIpc) is 3.31. The Labute approximate surface area is 570 Å². The van der Waals surface area contributed by atoms with Crippen LogP contribution < -0.4 is 31.8 Å². The summed E-state index contributed by atoms with van der Waals surface area (Å²) in [7, 11) is -6.94. The van der Waals surface area contributed by atoms with E-state index >= 15 is 9.13 Å². The van der Waals surface area contributed by atoms with Gasteiger partial charge in [-0.25, -0.2) is 0 Å². The Bertz CT molecular complexity index is 2260. The molecule has 0 saturated heterocycles. The Morgan fingerprint density at radius 1 is 0.262 bits per heavy atom. The smallest absolute Gasteiger partial charge is 0.171 e. The third-order valence-electron chi connectivity index (χ3n) is 9.22. The predicted octanol–water partition coefficient (Wildman–Crippen LogP) is 13.9. The molecule has 65 heavy (non-hydrogen) atoms. The molecule has 7 radical (unpaired) electrons. The first-order valence-corrected chi connectivity index (χ1v) is 23.5. The van der Waals surface area contributed by atoms with Gasteiger partial charge in [-0.1, -0.05) is 237 Å². The minimum absolute atomic E-state index is 0. The molecule has 0 aromatic heterocycles. The predicted molar refractivity (Wildman–Crippen MR) is 264 cm³/mol. The summed E-state index contributed by atoms with van der Waals surface area (Å²) in [6.07, 6.45) is 0. The summed E-state index contributed by atoms with van der Waals surface area (Å²) >= 11 is 0. The second kappa shape index (κ2) is 41.9. The zero-order valence-electron chi connectivity index (χ0n) is 40.2. The summed E-state index contributed by atoms with van der Waals surface area (Å²) in [6.45, 7) is 16.0. The summed E-state index contributed by atoms with van der Waals surface area (Å²) in [6, 6.07) is 64.0. The third kappa shape index (κ3) is 18.4. The molecule has 8 rings (SSSR count). The van der Waals surface area contributed by atoms with Crippen LogP contribution in [0.1, 0.15) is 55.4 Å². The number of fused-ring (bicyclic) bond motifs is 2. The molecule has 323 valence electrons. The fourth-order valence-corrected chi connectivity index (χ4v) is 12.7. The molecule has 0 fully saturated rings. The number of hydrogen-bond donors (Lipinski definition) is 0. The molecule has 8 aromatic rings. The summed E-state index contributed by atoms with van der Waals surface area (Å²) in [5.41, 5.74) is 1.70. The van der Waals surface area contributed by atoms with Gasteiger partial charge in [0.1, 0.15) is 0 Å². The van der Waals surface area contributed by atoms with E-state index in [0.717, 1.165) is 64.5 Å². The van der Waals surface area contributed by atoms with Gasteiger partial charge in [-0.05, 0) is 33.7 Å².